The molecule has 0 aromatic carbocycles. The molecule has 0 aliphatic carbocycles. The molecule has 1 rings (SSSR count). The van der Waals surface area contributed by atoms with E-state index in [1.165, 1.54) is 0 Å². The maximum absolute atomic E-state index is 11.5. The Morgan fingerprint density at radius 3 is 2.35 bits per heavy atom. The molecule has 10 nitrogen and oxygen atoms in total. The zero-order chi connectivity index (χ0) is 15.3. The van der Waals surface area contributed by atoms with Gasteiger partial charge in [-0.3, -0.25) is 19.4 Å². The Bertz CT molecular complexity index is 616. The lowest BCUT2D eigenvalue weighted by Gasteiger charge is -2.12. The highest BCUT2D eigenvalue weighted by Crippen LogP contribution is 1.95. The quantitative estimate of drug-likeness (QED) is 0.389. The van der Waals surface area contributed by atoms with Crippen LogP contribution in [0.25, 0.3) is 0 Å². The number of nitrogens with one attached hydrogen (secondary N) is 3. The van der Waals surface area contributed by atoms with Gasteiger partial charge < -0.3 is 20.5 Å². The number of aromatic nitrogens is 2. The van der Waals surface area contributed by atoms with Gasteiger partial charge in [0.2, 0.25) is 5.91 Å². The van der Waals surface area contributed by atoms with Crippen LogP contribution in [0.15, 0.2) is 15.7 Å². The van der Waals surface area contributed by atoms with E-state index in [4.69, 9.17) is 10.2 Å². The van der Waals surface area contributed by atoms with Crippen molar-refractivity contribution in [1.29, 1.82) is 0 Å². The predicted molar refractivity (Wildman–Crippen MR) is 63.2 cm³/mol. The molecule has 1 atom stereocenters. The van der Waals surface area contributed by atoms with Gasteiger partial charge in [-0.25, -0.2) is 9.59 Å². The van der Waals surface area contributed by atoms with Crippen LogP contribution in [0, 0.1) is 0 Å². The zero-order valence-corrected chi connectivity index (χ0v) is 10.0. The predicted octanol–water partition coefficient (Wildman–Crippen LogP) is -2.35. The molecule has 0 aliphatic rings. The van der Waals surface area contributed by atoms with Crippen LogP contribution in [-0.2, 0) is 20.8 Å². The van der Waals surface area contributed by atoms with Crippen LogP contribution in [-0.4, -0.2) is 44.1 Å². The summed E-state index contributed by atoms with van der Waals surface area (Å²) in [7, 11) is 0. The summed E-state index contributed by atoms with van der Waals surface area (Å²) in [5.74, 6) is -3.72. The van der Waals surface area contributed by atoms with E-state index in [0.717, 1.165) is 6.07 Å². The third-order valence-electron chi connectivity index (χ3n) is 2.18. The SMILES string of the molecule is O=C(O)CC(NC(=O)Cc1cc(=O)[nH]c(=O)[nH]1)C(=O)O. The monoisotopic (exact) mass is 285 g/mol. The molecular weight excluding hydrogens is 274 g/mol. The van der Waals surface area contributed by atoms with E-state index in [9.17, 15) is 24.0 Å². The van der Waals surface area contributed by atoms with Crippen molar-refractivity contribution in [3.05, 3.63) is 32.6 Å². The van der Waals surface area contributed by atoms with Gasteiger partial charge in [-0.15, -0.1) is 0 Å². The van der Waals surface area contributed by atoms with Crippen molar-refractivity contribution in [2.24, 2.45) is 0 Å². The van der Waals surface area contributed by atoms with Crippen LogP contribution in [0.4, 0.5) is 0 Å². The first kappa shape index (κ1) is 15.1. The number of carbonyl (C=O) groups excluding carboxylic acids is 1. The number of aromatic amines is 2. The van der Waals surface area contributed by atoms with Crippen molar-refractivity contribution in [3.63, 3.8) is 0 Å². The number of hydrogen-bond donors (Lipinski definition) is 5. The minimum absolute atomic E-state index is 0.0179. The van der Waals surface area contributed by atoms with Crippen molar-refractivity contribution in [2.45, 2.75) is 18.9 Å². The van der Waals surface area contributed by atoms with Gasteiger partial charge in [-0.05, 0) is 0 Å². The molecule has 108 valence electrons. The van der Waals surface area contributed by atoms with E-state index >= 15 is 0 Å². The average molecular weight is 285 g/mol. The molecular formula is C10H11N3O7. The largest absolute Gasteiger partial charge is 0.481 e. The molecule has 0 bridgehead atoms. The molecule has 1 amide bonds. The lowest BCUT2D eigenvalue weighted by atomic mass is 10.2. The van der Waals surface area contributed by atoms with Crippen molar-refractivity contribution >= 4 is 17.8 Å². The molecule has 1 aromatic heterocycles. The number of carbonyl (C=O) groups is 3. The first-order valence-electron chi connectivity index (χ1n) is 5.34. The number of H-pyrrole nitrogens is 2. The van der Waals surface area contributed by atoms with Crippen LogP contribution < -0.4 is 16.6 Å². The van der Waals surface area contributed by atoms with E-state index in [2.05, 4.69) is 4.98 Å². The maximum atomic E-state index is 11.5. The van der Waals surface area contributed by atoms with Crippen LogP contribution in [0.3, 0.4) is 0 Å². The second-order valence-corrected chi connectivity index (χ2v) is 3.85. The van der Waals surface area contributed by atoms with E-state index in [1.807, 2.05) is 10.3 Å². The second-order valence-electron chi connectivity index (χ2n) is 3.85. The maximum Gasteiger partial charge on any atom is 0.326 e. The highest BCUT2D eigenvalue weighted by Gasteiger charge is 2.23. The van der Waals surface area contributed by atoms with Crippen LogP contribution >= 0.6 is 0 Å². The van der Waals surface area contributed by atoms with Gasteiger partial charge in [0.05, 0.1) is 12.8 Å². The molecule has 0 aliphatic heterocycles. The summed E-state index contributed by atoms with van der Waals surface area (Å²) in [5, 5.41) is 19.2. The fourth-order valence-corrected chi connectivity index (χ4v) is 1.41. The topological polar surface area (TPSA) is 169 Å². The Hall–Kier alpha value is -2.91. The molecule has 0 radical (unpaired) electrons. The number of carboxylic acid groups (broad SMARTS) is 2. The van der Waals surface area contributed by atoms with Gasteiger partial charge in [-0.2, -0.15) is 0 Å². The van der Waals surface area contributed by atoms with Gasteiger partial charge in [0.25, 0.3) is 5.56 Å². The molecule has 1 unspecified atom stereocenters. The van der Waals surface area contributed by atoms with E-state index in [1.54, 1.807) is 0 Å². The number of rotatable bonds is 6. The fourth-order valence-electron chi connectivity index (χ4n) is 1.41. The lowest BCUT2D eigenvalue weighted by molar-refractivity contribution is -0.147. The van der Waals surface area contributed by atoms with E-state index < -0.39 is 48.0 Å². The van der Waals surface area contributed by atoms with Gasteiger partial charge >= 0.3 is 17.6 Å². The molecule has 1 heterocycles. The molecule has 0 saturated carbocycles. The van der Waals surface area contributed by atoms with Crippen LogP contribution in [0.1, 0.15) is 12.1 Å². The summed E-state index contributed by atoms with van der Waals surface area (Å²) < 4.78 is 0. The van der Waals surface area contributed by atoms with Crippen molar-refractivity contribution in [3.8, 4) is 0 Å². The standard InChI is InChI=1S/C10H11N3O7/c14-6(12-5(9(18)19)3-8(16)17)1-4-2-7(15)13-10(20)11-4/h2,5H,1,3H2,(H,12,14)(H,16,17)(H,18,19)(H2,11,13,15,20). The number of carboxylic acids is 2. The number of aliphatic carboxylic acids is 2. The minimum atomic E-state index is -1.59. The molecule has 0 spiro atoms. The van der Waals surface area contributed by atoms with E-state index in [0.29, 0.717) is 0 Å². The lowest BCUT2D eigenvalue weighted by Crippen LogP contribution is -2.43. The van der Waals surface area contributed by atoms with Crippen molar-refractivity contribution < 1.29 is 24.6 Å². The second kappa shape index (κ2) is 6.31. The third-order valence-corrected chi connectivity index (χ3v) is 2.18. The molecule has 0 fully saturated rings. The first-order chi connectivity index (χ1) is 9.27. The van der Waals surface area contributed by atoms with Crippen molar-refractivity contribution in [1.82, 2.24) is 15.3 Å². The normalized spacial score (nSPS) is 11.6. The summed E-state index contributed by atoms with van der Waals surface area (Å²) in [6.07, 6.45) is -1.24. The Morgan fingerprint density at radius 2 is 1.85 bits per heavy atom. The van der Waals surface area contributed by atoms with Crippen molar-refractivity contribution in [2.75, 3.05) is 0 Å². The third kappa shape index (κ3) is 4.76. The summed E-state index contributed by atoms with van der Waals surface area (Å²) in [4.78, 5) is 58.7. The first-order valence-corrected chi connectivity index (χ1v) is 5.34. The Kier molecular flexibility index (Phi) is 4.78. The van der Waals surface area contributed by atoms with Gasteiger partial charge in [0.15, 0.2) is 0 Å². The van der Waals surface area contributed by atoms with Crippen LogP contribution in [0.2, 0.25) is 0 Å². The summed E-state index contributed by atoms with van der Waals surface area (Å²) in [6.45, 7) is 0. The molecule has 1 aromatic rings. The number of hydrogen-bond acceptors (Lipinski definition) is 5. The smallest absolute Gasteiger partial charge is 0.326 e. The summed E-state index contributed by atoms with van der Waals surface area (Å²) >= 11 is 0. The Morgan fingerprint density at radius 1 is 1.20 bits per heavy atom. The highest BCUT2D eigenvalue weighted by atomic mass is 16.4. The highest BCUT2D eigenvalue weighted by molar-refractivity contribution is 5.87. The fraction of sp³-hybridized carbons (Fsp3) is 0.300. The summed E-state index contributed by atoms with van der Waals surface area (Å²) in [6, 6.07) is -0.623. The molecule has 10 heteroatoms. The summed E-state index contributed by atoms with van der Waals surface area (Å²) in [5.41, 5.74) is -1.53. The van der Waals surface area contributed by atoms with Crippen LogP contribution in [0.5, 0.6) is 0 Å². The molecule has 20 heavy (non-hydrogen) atoms. The average Bonchev–Trinajstić information content (AvgIpc) is 2.25. The Labute approximate surface area is 110 Å². The Balaban J connectivity index is 2.75. The van der Waals surface area contributed by atoms with Gasteiger partial charge in [0, 0.05) is 11.8 Å². The zero-order valence-electron chi connectivity index (χ0n) is 10.0. The molecule has 5 N–H and O–H groups in total. The molecule has 0 saturated heterocycles. The minimum Gasteiger partial charge on any atom is -0.481 e. The van der Waals surface area contributed by atoms with E-state index in [-0.39, 0.29) is 5.69 Å². The number of amides is 1. The van der Waals surface area contributed by atoms with Gasteiger partial charge in [-0.1, -0.05) is 0 Å². The van der Waals surface area contributed by atoms with Gasteiger partial charge in [0.1, 0.15) is 6.04 Å².